The molecule has 1 aromatic heterocycles. The van der Waals surface area contributed by atoms with Crippen LogP contribution in [0.4, 0.5) is 0 Å². The Morgan fingerprint density at radius 1 is 1.42 bits per heavy atom. The third kappa shape index (κ3) is 3.32. The lowest BCUT2D eigenvalue weighted by molar-refractivity contribution is 0.465. The number of nitrogens with zero attached hydrogens (tertiary/aromatic N) is 2. The Balaban J connectivity index is 2.13. The van der Waals surface area contributed by atoms with Crippen LogP contribution in [0.1, 0.15) is 55.5 Å². The lowest BCUT2D eigenvalue weighted by Gasteiger charge is -2.18. The van der Waals surface area contributed by atoms with Crippen LogP contribution in [0.3, 0.4) is 0 Å². The predicted octanol–water partition coefficient (Wildman–Crippen LogP) is 5.19. The summed E-state index contributed by atoms with van der Waals surface area (Å²) < 4.78 is 0. The van der Waals surface area contributed by atoms with Crippen molar-refractivity contribution in [1.82, 2.24) is 9.97 Å². The minimum absolute atomic E-state index is 0.0609. The van der Waals surface area contributed by atoms with E-state index in [9.17, 15) is 5.11 Å². The molecule has 1 heterocycles. The van der Waals surface area contributed by atoms with Crippen LogP contribution in [-0.2, 0) is 12.8 Å². The molecule has 1 unspecified atom stereocenters. The normalized spacial score (nSPS) is 18.1. The fraction of sp³-hybridized carbons (Fsp3) is 0.400. The molecule has 0 saturated heterocycles. The Morgan fingerprint density at radius 3 is 3.00 bits per heavy atom. The Kier molecular flexibility index (Phi) is 5.20. The lowest BCUT2D eigenvalue weighted by atomic mass is 9.87. The first-order valence-electron chi connectivity index (χ1n) is 8.63. The largest absolute Gasteiger partial charge is 0.504 e. The molecule has 1 aliphatic rings. The summed E-state index contributed by atoms with van der Waals surface area (Å²) >= 11 is 5.96. The Labute approximate surface area is 148 Å². The van der Waals surface area contributed by atoms with E-state index in [4.69, 9.17) is 11.6 Å². The van der Waals surface area contributed by atoms with Crippen LogP contribution < -0.4 is 0 Å². The molecule has 24 heavy (non-hydrogen) atoms. The van der Waals surface area contributed by atoms with Crippen LogP contribution in [0.25, 0.3) is 5.57 Å². The smallest absolute Gasteiger partial charge is 0.223 e. The second-order valence-corrected chi connectivity index (χ2v) is 6.73. The SMILES string of the molecule is CC=C(c1cccc2c1CC(CC)CCC2)c1nc(Cl)ncc1O. The summed E-state index contributed by atoms with van der Waals surface area (Å²) in [6.45, 7) is 4.24. The summed E-state index contributed by atoms with van der Waals surface area (Å²) in [4.78, 5) is 8.12. The van der Waals surface area contributed by atoms with Crippen molar-refractivity contribution in [2.24, 2.45) is 5.92 Å². The fourth-order valence-electron chi connectivity index (χ4n) is 3.65. The van der Waals surface area contributed by atoms with Crippen molar-refractivity contribution in [1.29, 1.82) is 0 Å². The summed E-state index contributed by atoms with van der Waals surface area (Å²) in [5, 5.41) is 10.4. The van der Waals surface area contributed by atoms with Crippen LogP contribution >= 0.6 is 11.6 Å². The highest BCUT2D eigenvalue weighted by Gasteiger charge is 2.21. The van der Waals surface area contributed by atoms with Gasteiger partial charge in [0, 0.05) is 5.57 Å². The fourth-order valence-corrected chi connectivity index (χ4v) is 3.79. The van der Waals surface area contributed by atoms with E-state index >= 15 is 0 Å². The number of hydrogen-bond acceptors (Lipinski definition) is 3. The van der Waals surface area contributed by atoms with E-state index in [1.807, 2.05) is 13.0 Å². The van der Waals surface area contributed by atoms with E-state index < -0.39 is 0 Å². The highest BCUT2D eigenvalue weighted by Crippen LogP contribution is 2.36. The van der Waals surface area contributed by atoms with Gasteiger partial charge >= 0.3 is 0 Å². The molecular formula is C20H23ClN2O. The third-order valence-corrected chi connectivity index (χ3v) is 5.16. The first-order valence-corrected chi connectivity index (χ1v) is 9.01. The van der Waals surface area contributed by atoms with Crippen molar-refractivity contribution < 1.29 is 5.11 Å². The standard InChI is InChI=1S/C20H23ClN2O/c1-3-13-7-5-8-14-9-6-10-16(17(14)11-13)15(4-2)19-18(24)12-22-20(21)23-19/h4,6,9-10,12-13,24H,3,5,7-8,11H2,1-2H3. The molecule has 3 nitrogen and oxygen atoms in total. The van der Waals surface area contributed by atoms with Crippen LogP contribution in [0.2, 0.25) is 5.28 Å². The van der Waals surface area contributed by atoms with Crippen LogP contribution in [0, 0.1) is 5.92 Å². The Hall–Kier alpha value is -1.87. The average Bonchev–Trinajstić information content (AvgIpc) is 2.81. The molecule has 0 aliphatic heterocycles. The number of rotatable bonds is 3. The van der Waals surface area contributed by atoms with E-state index in [0.29, 0.717) is 11.6 Å². The minimum atomic E-state index is 0.0609. The molecule has 3 rings (SSSR count). The zero-order valence-corrected chi connectivity index (χ0v) is 15.0. The van der Waals surface area contributed by atoms with Gasteiger partial charge in [0.2, 0.25) is 5.28 Å². The lowest BCUT2D eigenvalue weighted by Crippen LogP contribution is -2.06. The maximum Gasteiger partial charge on any atom is 0.223 e. The molecule has 0 saturated carbocycles. The highest BCUT2D eigenvalue weighted by atomic mass is 35.5. The van der Waals surface area contributed by atoms with Gasteiger partial charge in [0.1, 0.15) is 5.69 Å². The topological polar surface area (TPSA) is 46.0 Å². The summed E-state index contributed by atoms with van der Waals surface area (Å²) in [5.74, 6) is 0.777. The summed E-state index contributed by atoms with van der Waals surface area (Å²) in [6, 6.07) is 6.46. The number of aromatic hydroxyl groups is 1. The number of aryl methyl sites for hydroxylation is 1. The first-order chi connectivity index (χ1) is 11.6. The number of aromatic nitrogens is 2. The maximum atomic E-state index is 10.2. The molecule has 0 fully saturated rings. The van der Waals surface area contributed by atoms with Crippen molar-refractivity contribution in [3.05, 3.63) is 58.1 Å². The molecule has 1 atom stereocenters. The van der Waals surface area contributed by atoms with Gasteiger partial charge < -0.3 is 5.11 Å². The molecule has 0 radical (unpaired) electrons. The molecule has 1 N–H and O–H groups in total. The predicted molar refractivity (Wildman–Crippen MR) is 98.3 cm³/mol. The van der Waals surface area contributed by atoms with E-state index in [1.165, 1.54) is 36.6 Å². The van der Waals surface area contributed by atoms with Crippen molar-refractivity contribution in [3.8, 4) is 5.75 Å². The second kappa shape index (κ2) is 7.35. The molecule has 0 amide bonds. The van der Waals surface area contributed by atoms with E-state index in [2.05, 4.69) is 35.1 Å². The number of benzene rings is 1. The second-order valence-electron chi connectivity index (χ2n) is 6.39. The van der Waals surface area contributed by atoms with Gasteiger partial charge in [-0.15, -0.1) is 0 Å². The number of fused-ring (bicyclic) bond motifs is 1. The third-order valence-electron chi connectivity index (χ3n) is 4.98. The van der Waals surface area contributed by atoms with Gasteiger partial charge in [-0.25, -0.2) is 9.97 Å². The van der Waals surface area contributed by atoms with Gasteiger partial charge in [-0.2, -0.15) is 0 Å². The Bertz CT molecular complexity index is 770. The minimum Gasteiger partial charge on any atom is -0.504 e. The Morgan fingerprint density at radius 2 is 2.25 bits per heavy atom. The van der Waals surface area contributed by atoms with E-state index in [1.54, 1.807) is 0 Å². The van der Waals surface area contributed by atoms with Crippen LogP contribution in [-0.4, -0.2) is 15.1 Å². The van der Waals surface area contributed by atoms with Crippen molar-refractivity contribution in [2.75, 3.05) is 0 Å². The van der Waals surface area contributed by atoms with E-state index in [0.717, 1.165) is 24.0 Å². The number of hydrogen-bond donors (Lipinski definition) is 1. The quantitative estimate of drug-likeness (QED) is 0.616. The molecule has 4 heteroatoms. The molecule has 1 aliphatic carbocycles. The van der Waals surface area contributed by atoms with Crippen LogP contribution in [0.15, 0.2) is 30.5 Å². The zero-order chi connectivity index (χ0) is 17.1. The highest BCUT2D eigenvalue weighted by molar-refractivity contribution is 6.28. The van der Waals surface area contributed by atoms with Crippen molar-refractivity contribution in [3.63, 3.8) is 0 Å². The zero-order valence-electron chi connectivity index (χ0n) is 14.2. The van der Waals surface area contributed by atoms with Gasteiger partial charge in [-0.1, -0.05) is 37.6 Å². The average molecular weight is 343 g/mol. The molecule has 1 aromatic carbocycles. The maximum absolute atomic E-state index is 10.2. The molecule has 2 aromatic rings. The first kappa shape index (κ1) is 17.0. The molecular weight excluding hydrogens is 320 g/mol. The van der Waals surface area contributed by atoms with E-state index in [-0.39, 0.29) is 11.0 Å². The molecule has 0 bridgehead atoms. The van der Waals surface area contributed by atoms with Crippen LogP contribution in [0.5, 0.6) is 5.75 Å². The summed E-state index contributed by atoms with van der Waals surface area (Å²) in [5.41, 5.74) is 5.39. The van der Waals surface area contributed by atoms with Gasteiger partial charge in [0.25, 0.3) is 0 Å². The molecule has 126 valence electrons. The van der Waals surface area contributed by atoms with Gasteiger partial charge in [0.15, 0.2) is 5.75 Å². The molecule has 0 spiro atoms. The van der Waals surface area contributed by atoms with Gasteiger partial charge in [-0.3, -0.25) is 0 Å². The van der Waals surface area contributed by atoms with Gasteiger partial charge in [0.05, 0.1) is 6.20 Å². The van der Waals surface area contributed by atoms with Crippen molar-refractivity contribution in [2.45, 2.75) is 46.0 Å². The summed E-state index contributed by atoms with van der Waals surface area (Å²) in [6.07, 6.45) is 9.28. The summed E-state index contributed by atoms with van der Waals surface area (Å²) in [7, 11) is 0. The number of halogens is 1. The van der Waals surface area contributed by atoms with Crippen molar-refractivity contribution >= 4 is 17.2 Å². The number of allylic oxidation sites excluding steroid dienone is 1. The monoisotopic (exact) mass is 342 g/mol. The van der Waals surface area contributed by atoms with Gasteiger partial charge in [-0.05, 0) is 66.8 Å².